The van der Waals surface area contributed by atoms with Crippen molar-refractivity contribution >= 4 is 9.84 Å². The molecule has 0 saturated carbocycles. The number of hydrogen-bond donors (Lipinski definition) is 1. The number of benzene rings is 1. The highest BCUT2D eigenvalue weighted by Gasteiger charge is 2.10. The summed E-state index contributed by atoms with van der Waals surface area (Å²) in [5, 5.41) is 0. The van der Waals surface area contributed by atoms with E-state index in [1.165, 1.54) is 0 Å². The number of ether oxygens (including phenoxy) is 1. The number of aryl methyl sites for hydroxylation is 1. The summed E-state index contributed by atoms with van der Waals surface area (Å²) in [6, 6.07) is 7.58. The molecule has 0 heterocycles. The van der Waals surface area contributed by atoms with Crippen molar-refractivity contribution in [3.05, 3.63) is 29.8 Å². The number of nitrogens with two attached hydrogens (primary N) is 1. The molecule has 1 aromatic carbocycles. The summed E-state index contributed by atoms with van der Waals surface area (Å²) in [6.07, 6.45) is 1.38. The van der Waals surface area contributed by atoms with Crippen LogP contribution in [0.25, 0.3) is 0 Å². The molecule has 0 aliphatic rings. The number of rotatable bonds is 8. The van der Waals surface area contributed by atoms with Gasteiger partial charge in [0.05, 0.1) is 11.5 Å². The Morgan fingerprint density at radius 2 is 2.00 bits per heavy atom. The van der Waals surface area contributed by atoms with Crippen molar-refractivity contribution in [1.82, 2.24) is 0 Å². The maximum Gasteiger partial charge on any atom is 0.153 e. The van der Waals surface area contributed by atoms with Crippen molar-refractivity contribution in [2.24, 2.45) is 5.73 Å². The molecule has 0 spiro atoms. The minimum absolute atomic E-state index is 0.0610. The molecule has 102 valence electrons. The first-order valence-corrected chi connectivity index (χ1v) is 7.95. The van der Waals surface area contributed by atoms with E-state index in [2.05, 4.69) is 0 Å². The molecule has 18 heavy (non-hydrogen) atoms. The van der Waals surface area contributed by atoms with Crippen LogP contribution in [0.4, 0.5) is 0 Å². The van der Waals surface area contributed by atoms with E-state index in [1.807, 2.05) is 31.2 Å². The van der Waals surface area contributed by atoms with Gasteiger partial charge >= 0.3 is 0 Å². The predicted octanol–water partition coefficient (Wildman–Crippen LogP) is 1.53. The third-order valence-electron chi connectivity index (χ3n) is 2.56. The summed E-state index contributed by atoms with van der Waals surface area (Å²) in [4.78, 5) is 0. The molecule has 0 aliphatic carbocycles. The van der Waals surface area contributed by atoms with Crippen LogP contribution >= 0.6 is 0 Å². The van der Waals surface area contributed by atoms with Crippen LogP contribution in [0, 0.1) is 6.92 Å². The monoisotopic (exact) mass is 271 g/mol. The lowest BCUT2D eigenvalue weighted by atomic mass is 10.2. The molecule has 0 fully saturated rings. The van der Waals surface area contributed by atoms with Crippen molar-refractivity contribution in [2.45, 2.75) is 19.8 Å². The van der Waals surface area contributed by atoms with Crippen molar-refractivity contribution in [2.75, 3.05) is 24.7 Å². The van der Waals surface area contributed by atoms with Gasteiger partial charge in [0.2, 0.25) is 0 Å². The van der Waals surface area contributed by atoms with Crippen molar-refractivity contribution in [1.29, 1.82) is 0 Å². The number of sulfone groups is 1. The highest BCUT2D eigenvalue weighted by molar-refractivity contribution is 7.91. The Morgan fingerprint density at radius 1 is 1.22 bits per heavy atom. The SMILES string of the molecule is Cc1cccc(OCCS(=O)(=O)CCCCN)c1. The van der Waals surface area contributed by atoms with Gasteiger partial charge in [-0.25, -0.2) is 8.42 Å². The van der Waals surface area contributed by atoms with Crippen LogP contribution in [0.2, 0.25) is 0 Å². The molecule has 0 saturated heterocycles. The molecular formula is C13H21NO3S. The average Bonchev–Trinajstić information content (AvgIpc) is 2.29. The molecule has 5 heteroatoms. The van der Waals surface area contributed by atoms with Crippen LogP contribution in [0.1, 0.15) is 18.4 Å². The van der Waals surface area contributed by atoms with Gasteiger partial charge in [0, 0.05) is 0 Å². The smallest absolute Gasteiger partial charge is 0.153 e. The Hall–Kier alpha value is -1.07. The van der Waals surface area contributed by atoms with E-state index in [0.29, 0.717) is 18.7 Å². The second-order valence-corrected chi connectivity index (χ2v) is 6.62. The lowest BCUT2D eigenvalue weighted by Crippen LogP contribution is -2.17. The summed E-state index contributed by atoms with van der Waals surface area (Å²) in [6.45, 7) is 2.71. The van der Waals surface area contributed by atoms with Crippen molar-refractivity contribution in [3.8, 4) is 5.75 Å². The summed E-state index contributed by atoms with van der Waals surface area (Å²) in [5.41, 5.74) is 6.42. The average molecular weight is 271 g/mol. The van der Waals surface area contributed by atoms with Crippen molar-refractivity contribution in [3.63, 3.8) is 0 Å². The van der Waals surface area contributed by atoms with E-state index in [-0.39, 0.29) is 18.1 Å². The predicted molar refractivity (Wildman–Crippen MR) is 73.6 cm³/mol. The van der Waals surface area contributed by atoms with Gasteiger partial charge < -0.3 is 10.5 Å². The lowest BCUT2D eigenvalue weighted by Gasteiger charge is -2.07. The van der Waals surface area contributed by atoms with Crippen LogP contribution in [-0.4, -0.2) is 33.1 Å². The van der Waals surface area contributed by atoms with Gasteiger partial charge in [-0.3, -0.25) is 0 Å². The Labute approximate surface area is 109 Å². The van der Waals surface area contributed by atoms with E-state index >= 15 is 0 Å². The van der Waals surface area contributed by atoms with E-state index in [4.69, 9.17) is 10.5 Å². The van der Waals surface area contributed by atoms with E-state index in [1.54, 1.807) is 0 Å². The molecule has 1 rings (SSSR count). The maximum absolute atomic E-state index is 11.6. The highest BCUT2D eigenvalue weighted by Crippen LogP contribution is 2.12. The number of hydrogen-bond acceptors (Lipinski definition) is 4. The Bertz CT molecular complexity index is 457. The fourth-order valence-corrected chi connectivity index (χ4v) is 2.75. The summed E-state index contributed by atoms with van der Waals surface area (Å²) >= 11 is 0. The number of unbranched alkanes of at least 4 members (excludes halogenated alkanes) is 1. The third-order valence-corrected chi connectivity index (χ3v) is 4.26. The standard InChI is InChI=1S/C13H21NO3S/c1-12-5-4-6-13(11-12)17-8-10-18(15,16)9-3-2-7-14/h4-6,11H,2-3,7-10,14H2,1H3. The van der Waals surface area contributed by atoms with Gasteiger partial charge in [-0.1, -0.05) is 12.1 Å². The van der Waals surface area contributed by atoms with Crippen LogP contribution in [-0.2, 0) is 9.84 Å². The van der Waals surface area contributed by atoms with E-state index in [0.717, 1.165) is 12.0 Å². The fraction of sp³-hybridized carbons (Fsp3) is 0.538. The molecule has 0 aromatic heterocycles. The zero-order chi connectivity index (χ0) is 13.4. The first-order chi connectivity index (χ1) is 8.53. The van der Waals surface area contributed by atoms with Gasteiger partial charge in [-0.05, 0) is 44.0 Å². The molecule has 0 aliphatic heterocycles. The zero-order valence-corrected chi connectivity index (χ0v) is 11.6. The van der Waals surface area contributed by atoms with Gasteiger partial charge in [-0.15, -0.1) is 0 Å². The van der Waals surface area contributed by atoms with E-state index in [9.17, 15) is 8.42 Å². The van der Waals surface area contributed by atoms with Gasteiger partial charge in [0.1, 0.15) is 12.4 Å². The first kappa shape index (κ1) is 15.0. The van der Waals surface area contributed by atoms with Crippen molar-refractivity contribution < 1.29 is 13.2 Å². The van der Waals surface area contributed by atoms with Crippen LogP contribution in [0.15, 0.2) is 24.3 Å². The maximum atomic E-state index is 11.6. The van der Waals surface area contributed by atoms with Crippen LogP contribution in [0.3, 0.4) is 0 Å². The molecule has 4 nitrogen and oxygen atoms in total. The molecule has 0 radical (unpaired) electrons. The van der Waals surface area contributed by atoms with Gasteiger partial charge in [0.25, 0.3) is 0 Å². The fourth-order valence-electron chi connectivity index (χ4n) is 1.56. The highest BCUT2D eigenvalue weighted by atomic mass is 32.2. The summed E-state index contributed by atoms with van der Waals surface area (Å²) < 4.78 is 28.7. The normalized spacial score (nSPS) is 11.4. The first-order valence-electron chi connectivity index (χ1n) is 6.13. The molecule has 0 atom stereocenters. The second-order valence-electron chi connectivity index (χ2n) is 4.31. The summed E-state index contributed by atoms with van der Waals surface area (Å²) in [7, 11) is -3.01. The topological polar surface area (TPSA) is 69.4 Å². The third kappa shape index (κ3) is 6.02. The Kier molecular flexibility index (Phi) is 6.15. The Balaban J connectivity index is 2.32. The molecule has 1 aromatic rings. The largest absolute Gasteiger partial charge is 0.493 e. The Morgan fingerprint density at radius 3 is 2.67 bits per heavy atom. The van der Waals surface area contributed by atoms with Gasteiger partial charge in [0.15, 0.2) is 9.84 Å². The molecule has 0 unspecified atom stereocenters. The lowest BCUT2D eigenvalue weighted by molar-refractivity contribution is 0.340. The van der Waals surface area contributed by atoms with Crippen LogP contribution < -0.4 is 10.5 Å². The second kappa shape index (κ2) is 7.38. The minimum atomic E-state index is -3.01. The zero-order valence-electron chi connectivity index (χ0n) is 10.8. The molecule has 0 bridgehead atoms. The minimum Gasteiger partial charge on any atom is -0.493 e. The molecular weight excluding hydrogens is 250 g/mol. The molecule has 2 N–H and O–H groups in total. The van der Waals surface area contributed by atoms with E-state index < -0.39 is 9.84 Å². The quantitative estimate of drug-likeness (QED) is 0.728. The summed E-state index contributed by atoms with van der Waals surface area (Å²) in [5.74, 6) is 0.972. The molecule has 0 amide bonds. The van der Waals surface area contributed by atoms with Gasteiger partial charge in [-0.2, -0.15) is 0 Å². The van der Waals surface area contributed by atoms with Crippen LogP contribution in [0.5, 0.6) is 5.75 Å².